The highest BCUT2D eigenvalue weighted by molar-refractivity contribution is 7.46. The van der Waals surface area contributed by atoms with Crippen molar-refractivity contribution >= 4 is 13.5 Å². The van der Waals surface area contributed by atoms with E-state index < -0.39 is 8.03 Å². The average molecular weight is 131 g/mol. The van der Waals surface area contributed by atoms with Crippen molar-refractivity contribution in [2.24, 2.45) is 0 Å². The largest absolute Gasteiger partial charge is 0.585 e. The van der Waals surface area contributed by atoms with Gasteiger partial charge in [-0.3, -0.25) is 0 Å². The average Bonchev–Trinajstić information content (AvgIpc) is 2.12. The zero-order valence-corrected chi connectivity index (χ0v) is 4.84. The highest BCUT2D eigenvalue weighted by Crippen LogP contribution is 2.11. The summed E-state index contributed by atoms with van der Waals surface area (Å²) < 4.78 is 14.7. The first-order valence-corrected chi connectivity index (χ1v) is 3.21. The summed E-state index contributed by atoms with van der Waals surface area (Å²) >= 11 is 0. The second kappa shape index (κ2) is 2.07. The highest BCUT2D eigenvalue weighted by atomic mass is 31.1. The maximum atomic E-state index is 10.1. The standard InChI is InChI=1S/C4H3O3P/c5-8(6)4-2-1-3-7-4/h1-3H/p+1. The fourth-order valence-electron chi connectivity index (χ4n) is 0.379. The van der Waals surface area contributed by atoms with Crippen LogP contribution in [0.2, 0.25) is 0 Å². The van der Waals surface area contributed by atoms with E-state index in [0.717, 1.165) is 0 Å². The van der Waals surface area contributed by atoms with Gasteiger partial charge in [0.1, 0.15) is 0 Å². The molecular formula is C4H4O3P+. The van der Waals surface area contributed by atoms with E-state index >= 15 is 0 Å². The van der Waals surface area contributed by atoms with Gasteiger partial charge in [-0.2, -0.15) is 4.89 Å². The fourth-order valence-corrected chi connectivity index (χ4v) is 0.743. The van der Waals surface area contributed by atoms with Crippen molar-refractivity contribution in [3.05, 3.63) is 18.4 Å². The lowest BCUT2D eigenvalue weighted by molar-refractivity contribution is 0.497. The number of hydrogen-bond donors (Lipinski definition) is 1. The van der Waals surface area contributed by atoms with Gasteiger partial charge in [-0.15, -0.1) is 0 Å². The first-order chi connectivity index (χ1) is 3.80. The van der Waals surface area contributed by atoms with Crippen molar-refractivity contribution in [1.82, 2.24) is 0 Å². The minimum atomic E-state index is -2.28. The molecule has 0 spiro atoms. The van der Waals surface area contributed by atoms with Gasteiger partial charge in [0.2, 0.25) is 0 Å². The van der Waals surface area contributed by atoms with Gasteiger partial charge >= 0.3 is 13.5 Å². The van der Waals surface area contributed by atoms with Crippen LogP contribution < -0.4 is 5.50 Å². The second-order valence-corrected chi connectivity index (χ2v) is 2.21. The van der Waals surface area contributed by atoms with Crippen LogP contribution in [0.15, 0.2) is 22.8 Å². The van der Waals surface area contributed by atoms with E-state index in [-0.39, 0.29) is 5.50 Å². The van der Waals surface area contributed by atoms with Gasteiger partial charge in [0.05, 0.1) is 6.26 Å². The Hall–Kier alpha value is -0.660. The van der Waals surface area contributed by atoms with Gasteiger partial charge in [-0.25, -0.2) is 0 Å². The van der Waals surface area contributed by atoms with Gasteiger partial charge in [-0.1, -0.05) is 0 Å². The van der Waals surface area contributed by atoms with Crippen LogP contribution in [-0.2, 0) is 4.57 Å². The molecule has 0 saturated carbocycles. The molecule has 0 bridgehead atoms. The van der Waals surface area contributed by atoms with Crippen LogP contribution >= 0.6 is 8.03 Å². The normalized spacial score (nSPS) is 11.4. The Balaban J connectivity index is 2.93. The van der Waals surface area contributed by atoms with Gasteiger partial charge in [0, 0.05) is 6.07 Å². The van der Waals surface area contributed by atoms with Crippen molar-refractivity contribution in [2.75, 3.05) is 0 Å². The van der Waals surface area contributed by atoms with E-state index in [2.05, 4.69) is 4.42 Å². The summed E-state index contributed by atoms with van der Waals surface area (Å²) in [6, 6.07) is 3.03. The van der Waals surface area contributed by atoms with Crippen molar-refractivity contribution in [3.63, 3.8) is 0 Å². The number of furan rings is 1. The van der Waals surface area contributed by atoms with E-state index in [4.69, 9.17) is 4.89 Å². The summed E-state index contributed by atoms with van der Waals surface area (Å²) in [6.07, 6.45) is 1.36. The molecule has 0 amide bonds. The molecule has 0 fully saturated rings. The van der Waals surface area contributed by atoms with E-state index in [1.54, 1.807) is 6.07 Å². The zero-order valence-electron chi connectivity index (χ0n) is 3.94. The Morgan fingerprint density at radius 3 is 2.75 bits per heavy atom. The molecule has 0 radical (unpaired) electrons. The number of hydrogen-bond acceptors (Lipinski definition) is 2. The smallest absolute Gasteiger partial charge is 0.425 e. The summed E-state index contributed by atoms with van der Waals surface area (Å²) in [6.45, 7) is 0. The first-order valence-electron chi connectivity index (χ1n) is 2.00. The molecule has 0 aliphatic heterocycles. The van der Waals surface area contributed by atoms with Gasteiger partial charge in [-0.05, 0) is 10.6 Å². The molecule has 42 valence electrons. The first kappa shape index (κ1) is 5.48. The lowest BCUT2D eigenvalue weighted by Crippen LogP contribution is -1.85. The molecule has 3 nitrogen and oxygen atoms in total. The van der Waals surface area contributed by atoms with E-state index in [0.29, 0.717) is 0 Å². The molecule has 0 aliphatic carbocycles. The van der Waals surface area contributed by atoms with Crippen LogP contribution in [0.4, 0.5) is 0 Å². The molecule has 1 rings (SSSR count). The molecular weight excluding hydrogens is 127 g/mol. The zero-order chi connectivity index (χ0) is 5.98. The second-order valence-electron chi connectivity index (χ2n) is 1.22. The van der Waals surface area contributed by atoms with Crippen molar-refractivity contribution in [3.8, 4) is 0 Å². The number of rotatable bonds is 1. The molecule has 1 aromatic heterocycles. The van der Waals surface area contributed by atoms with Crippen molar-refractivity contribution < 1.29 is 13.9 Å². The lowest BCUT2D eigenvalue weighted by Gasteiger charge is -1.63. The summed E-state index contributed by atoms with van der Waals surface area (Å²) in [4.78, 5) is 8.33. The third kappa shape index (κ3) is 0.941. The minimum absolute atomic E-state index is 0.125. The summed E-state index contributed by atoms with van der Waals surface area (Å²) in [7, 11) is -2.28. The predicted molar refractivity (Wildman–Crippen MR) is 28.2 cm³/mol. The Kier molecular flexibility index (Phi) is 1.42. The topological polar surface area (TPSA) is 50.4 Å². The van der Waals surface area contributed by atoms with Gasteiger partial charge in [0.25, 0.3) is 0 Å². The SMILES string of the molecule is O=[P+](O)c1ccco1. The summed E-state index contributed by atoms with van der Waals surface area (Å²) in [5.74, 6) is 0. The van der Waals surface area contributed by atoms with Crippen LogP contribution in [0.1, 0.15) is 0 Å². The molecule has 1 heterocycles. The molecule has 1 unspecified atom stereocenters. The molecule has 0 saturated heterocycles. The Labute approximate surface area is 46.8 Å². The third-order valence-electron chi connectivity index (χ3n) is 0.695. The van der Waals surface area contributed by atoms with Crippen molar-refractivity contribution in [2.45, 2.75) is 0 Å². The maximum Gasteiger partial charge on any atom is 0.585 e. The Morgan fingerprint density at radius 1 is 1.75 bits per heavy atom. The quantitative estimate of drug-likeness (QED) is 0.569. The lowest BCUT2D eigenvalue weighted by atomic mass is 10.7. The monoisotopic (exact) mass is 131 g/mol. The van der Waals surface area contributed by atoms with E-state index in [1.165, 1.54) is 12.3 Å². The fraction of sp³-hybridized carbons (Fsp3) is 0. The van der Waals surface area contributed by atoms with Gasteiger partial charge < -0.3 is 4.42 Å². The molecule has 1 N–H and O–H groups in total. The third-order valence-corrected chi connectivity index (χ3v) is 1.33. The molecule has 1 aromatic rings. The van der Waals surface area contributed by atoms with Crippen LogP contribution in [0, 0.1) is 0 Å². The molecule has 0 aromatic carbocycles. The maximum absolute atomic E-state index is 10.1. The predicted octanol–water partition coefficient (Wildman–Crippen LogP) is 0.640. The van der Waals surface area contributed by atoms with Crippen molar-refractivity contribution in [1.29, 1.82) is 0 Å². The molecule has 4 heteroatoms. The molecule has 8 heavy (non-hydrogen) atoms. The van der Waals surface area contributed by atoms with E-state index in [9.17, 15) is 4.57 Å². The van der Waals surface area contributed by atoms with Crippen LogP contribution in [0.25, 0.3) is 0 Å². The van der Waals surface area contributed by atoms with Crippen LogP contribution in [0.3, 0.4) is 0 Å². The summed E-state index contributed by atoms with van der Waals surface area (Å²) in [5.41, 5.74) is 0.125. The Morgan fingerprint density at radius 2 is 2.50 bits per heavy atom. The molecule has 0 aliphatic rings. The summed E-state index contributed by atoms with van der Waals surface area (Å²) in [5, 5.41) is 0. The van der Waals surface area contributed by atoms with E-state index in [1.807, 2.05) is 0 Å². The van der Waals surface area contributed by atoms with Gasteiger partial charge in [0.15, 0.2) is 0 Å². The van der Waals surface area contributed by atoms with Crippen LogP contribution in [0.5, 0.6) is 0 Å². The highest BCUT2D eigenvalue weighted by Gasteiger charge is 2.18. The molecule has 1 atom stereocenters. The van der Waals surface area contributed by atoms with Crippen LogP contribution in [-0.4, -0.2) is 4.89 Å². The Bertz CT molecular complexity index is 179. The minimum Gasteiger partial charge on any atom is -0.425 e.